The van der Waals surface area contributed by atoms with Crippen LogP contribution in [0.15, 0.2) is 6.07 Å². The maximum absolute atomic E-state index is 11.6. The first kappa shape index (κ1) is 14.8. The van der Waals surface area contributed by atoms with E-state index in [0.717, 1.165) is 38.2 Å². The van der Waals surface area contributed by atoms with E-state index in [9.17, 15) is 4.79 Å². The Morgan fingerprint density at radius 1 is 1.50 bits per heavy atom. The highest BCUT2D eigenvalue weighted by molar-refractivity contribution is 5.67. The maximum atomic E-state index is 11.6. The maximum Gasteiger partial charge on any atom is 0.409 e. The highest BCUT2D eigenvalue weighted by Gasteiger charge is 2.23. The van der Waals surface area contributed by atoms with Gasteiger partial charge >= 0.3 is 6.09 Å². The molecule has 0 spiro atoms. The second kappa shape index (κ2) is 6.74. The van der Waals surface area contributed by atoms with Crippen molar-refractivity contribution in [3.05, 3.63) is 17.5 Å². The molecular weight excluding hydrogens is 256 g/mol. The molecule has 112 valence electrons. The molecule has 6 heteroatoms. The van der Waals surface area contributed by atoms with Gasteiger partial charge in [0, 0.05) is 32.7 Å². The fourth-order valence-electron chi connectivity index (χ4n) is 2.56. The quantitative estimate of drug-likeness (QED) is 0.906. The normalized spacial score (nSPS) is 16.4. The van der Waals surface area contributed by atoms with Crippen LogP contribution in [0.4, 0.5) is 4.79 Å². The zero-order valence-corrected chi connectivity index (χ0v) is 12.6. The van der Waals surface area contributed by atoms with Gasteiger partial charge in [0.05, 0.1) is 18.0 Å². The van der Waals surface area contributed by atoms with Crippen molar-refractivity contribution in [3.63, 3.8) is 0 Å². The number of hydrogen-bond acceptors (Lipinski definition) is 4. The van der Waals surface area contributed by atoms with Crippen LogP contribution in [0.5, 0.6) is 0 Å². The number of carbonyl (C=O) groups is 1. The topological polar surface area (TPSA) is 59.4 Å². The van der Waals surface area contributed by atoms with Crippen molar-refractivity contribution in [2.24, 2.45) is 7.05 Å². The Hall–Kier alpha value is -1.56. The summed E-state index contributed by atoms with van der Waals surface area (Å²) in [5, 5.41) is 7.88. The molecule has 2 heterocycles. The average molecular weight is 280 g/mol. The van der Waals surface area contributed by atoms with E-state index in [1.54, 1.807) is 4.90 Å². The van der Waals surface area contributed by atoms with E-state index >= 15 is 0 Å². The molecule has 2 rings (SSSR count). The minimum absolute atomic E-state index is 0.187. The van der Waals surface area contributed by atoms with Gasteiger partial charge < -0.3 is 15.0 Å². The van der Waals surface area contributed by atoms with Gasteiger partial charge in [0.25, 0.3) is 0 Å². The first-order valence-corrected chi connectivity index (χ1v) is 7.24. The highest BCUT2D eigenvalue weighted by Crippen LogP contribution is 2.12. The molecule has 20 heavy (non-hydrogen) atoms. The number of aryl methyl sites for hydroxylation is 2. The van der Waals surface area contributed by atoms with Gasteiger partial charge in [-0.25, -0.2) is 4.79 Å². The molecule has 1 aliphatic heterocycles. The standard InChI is InChI=1S/C14H24N4O2/c1-4-20-14(19)18-7-5-12(6-8-18)15-10-13-9-11(2)16-17(13)3/h9,12,15H,4-8,10H2,1-3H3. The molecule has 1 fully saturated rings. The number of nitrogens with one attached hydrogen (secondary N) is 1. The minimum Gasteiger partial charge on any atom is -0.450 e. The van der Waals surface area contributed by atoms with Gasteiger partial charge in [0.15, 0.2) is 0 Å². The molecule has 0 aliphatic carbocycles. The number of likely N-dealkylation sites (tertiary alicyclic amines) is 1. The second-order valence-electron chi connectivity index (χ2n) is 5.24. The van der Waals surface area contributed by atoms with E-state index in [4.69, 9.17) is 4.74 Å². The Morgan fingerprint density at radius 2 is 2.20 bits per heavy atom. The lowest BCUT2D eigenvalue weighted by Gasteiger charge is -2.31. The van der Waals surface area contributed by atoms with Crippen LogP contribution in [-0.4, -0.2) is 46.5 Å². The predicted octanol–water partition coefficient (Wildman–Crippen LogP) is 1.44. The minimum atomic E-state index is -0.187. The Morgan fingerprint density at radius 3 is 2.75 bits per heavy atom. The lowest BCUT2D eigenvalue weighted by Crippen LogP contribution is -2.45. The highest BCUT2D eigenvalue weighted by atomic mass is 16.6. The fourth-order valence-corrected chi connectivity index (χ4v) is 2.56. The van der Waals surface area contributed by atoms with Crippen LogP contribution in [-0.2, 0) is 18.3 Å². The van der Waals surface area contributed by atoms with Crippen molar-refractivity contribution in [2.75, 3.05) is 19.7 Å². The van der Waals surface area contributed by atoms with Crippen molar-refractivity contribution in [2.45, 2.75) is 39.3 Å². The molecule has 1 aromatic rings. The molecule has 0 radical (unpaired) electrons. The Bertz CT molecular complexity index is 450. The lowest BCUT2D eigenvalue weighted by molar-refractivity contribution is 0.0949. The van der Waals surface area contributed by atoms with Gasteiger partial charge in [-0.2, -0.15) is 5.10 Å². The largest absolute Gasteiger partial charge is 0.450 e. The van der Waals surface area contributed by atoms with Crippen molar-refractivity contribution in [1.82, 2.24) is 20.0 Å². The van der Waals surface area contributed by atoms with Gasteiger partial charge in [-0.3, -0.25) is 4.68 Å². The summed E-state index contributed by atoms with van der Waals surface area (Å²) in [6.45, 7) is 6.63. The molecule has 1 amide bonds. The van der Waals surface area contributed by atoms with E-state index in [2.05, 4.69) is 16.5 Å². The summed E-state index contributed by atoms with van der Waals surface area (Å²) in [5.74, 6) is 0. The fraction of sp³-hybridized carbons (Fsp3) is 0.714. The van der Waals surface area contributed by atoms with Crippen LogP contribution in [0, 0.1) is 6.92 Å². The van der Waals surface area contributed by atoms with Crippen LogP contribution in [0.25, 0.3) is 0 Å². The molecule has 1 N–H and O–H groups in total. The van der Waals surface area contributed by atoms with Crippen LogP contribution in [0.2, 0.25) is 0 Å². The molecule has 1 aromatic heterocycles. The van der Waals surface area contributed by atoms with Crippen molar-refractivity contribution >= 4 is 6.09 Å². The first-order chi connectivity index (χ1) is 9.60. The summed E-state index contributed by atoms with van der Waals surface area (Å²) in [4.78, 5) is 13.4. The number of carbonyl (C=O) groups excluding carboxylic acids is 1. The summed E-state index contributed by atoms with van der Waals surface area (Å²) in [6, 6.07) is 2.55. The second-order valence-corrected chi connectivity index (χ2v) is 5.24. The molecule has 6 nitrogen and oxygen atoms in total. The van der Waals surface area contributed by atoms with Crippen LogP contribution in [0.1, 0.15) is 31.2 Å². The van der Waals surface area contributed by atoms with E-state index in [0.29, 0.717) is 12.6 Å². The Balaban J connectivity index is 1.74. The molecule has 0 saturated carbocycles. The zero-order valence-electron chi connectivity index (χ0n) is 12.6. The van der Waals surface area contributed by atoms with Crippen molar-refractivity contribution in [3.8, 4) is 0 Å². The first-order valence-electron chi connectivity index (χ1n) is 7.24. The number of amides is 1. The van der Waals surface area contributed by atoms with E-state index in [1.807, 2.05) is 25.6 Å². The number of nitrogens with zero attached hydrogens (tertiary/aromatic N) is 3. The monoisotopic (exact) mass is 280 g/mol. The van der Waals surface area contributed by atoms with E-state index in [-0.39, 0.29) is 6.09 Å². The van der Waals surface area contributed by atoms with Gasteiger partial charge in [0.2, 0.25) is 0 Å². The third-order valence-electron chi connectivity index (χ3n) is 3.69. The molecule has 0 aromatic carbocycles. The summed E-state index contributed by atoms with van der Waals surface area (Å²) in [7, 11) is 1.97. The number of rotatable bonds is 4. The lowest BCUT2D eigenvalue weighted by atomic mass is 10.1. The average Bonchev–Trinajstić information content (AvgIpc) is 2.75. The molecule has 0 atom stereocenters. The third kappa shape index (κ3) is 3.72. The van der Waals surface area contributed by atoms with Gasteiger partial charge in [-0.05, 0) is 32.8 Å². The molecular formula is C14H24N4O2. The number of ether oxygens (including phenoxy) is 1. The Labute approximate surface area is 120 Å². The summed E-state index contributed by atoms with van der Waals surface area (Å²) in [5.41, 5.74) is 2.23. The molecule has 0 unspecified atom stereocenters. The van der Waals surface area contributed by atoms with Crippen LogP contribution < -0.4 is 5.32 Å². The summed E-state index contributed by atoms with van der Waals surface area (Å²) in [6.07, 6.45) is 1.75. The smallest absolute Gasteiger partial charge is 0.409 e. The van der Waals surface area contributed by atoms with E-state index < -0.39 is 0 Å². The van der Waals surface area contributed by atoms with Gasteiger partial charge in [-0.1, -0.05) is 0 Å². The number of piperidine rings is 1. The predicted molar refractivity (Wildman–Crippen MR) is 76.4 cm³/mol. The number of hydrogen-bond donors (Lipinski definition) is 1. The van der Waals surface area contributed by atoms with Crippen LogP contribution in [0.3, 0.4) is 0 Å². The van der Waals surface area contributed by atoms with E-state index in [1.165, 1.54) is 5.69 Å². The molecule has 1 aliphatic rings. The Kier molecular flexibility index (Phi) is 5.00. The third-order valence-corrected chi connectivity index (χ3v) is 3.69. The summed E-state index contributed by atoms with van der Waals surface area (Å²) < 4.78 is 6.93. The number of aromatic nitrogens is 2. The SMILES string of the molecule is CCOC(=O)N1CCC(NCc2cc(C)nn2C)CC1. The summed E-state index contributed by atoms with van der Waals surface area (Å²) >= 11 is 0. The molecule has 0 bridgehead atoms. The van der Waals surface area contributed by atoms with Crippen molar-refractivity contribution in [1.29, 1.82) is 0 Å². The molecule has 1 saturated heterocycles. The van der Waals surface area contributed by atoms with Crippen molar-refractivity contribution < 1.29 is 9.53 Å². The zero-order chi connectivity index (χ0) is 14.5. The van der Waals surface area contributed by atoms with Crippen LogP contribution >= 0.6 is 0 Å². The van der Waals surface area contributed by atoms with Gasteiger partial charge in [-0.15, -0.1) is 0 Å². The van der Waals surface area contributed by atoms with Gasteiger partial charge in [0.1, 0.15) is 0 Å².